The molecule has 21 heavy (non-hydrogen) atoms. The zero-order valence-corrected chi connectivity index (χ0v) is 12.3. The molecule has 1 unspecified atom stereocenters. The lowest BCUT2D eigenvalue weighted by molar-refractivity contribution is -0.141. The van der Waals surface area contributed by atoms with Gasteiger partial charge < -0.3 is 10.4 Å². The van der Waals surface area contributed by atoms with Gasteiger partial charge in [0, 0.05) is 11.6 Å². The van der Waals surface area contributed by atoms with Crippen molar-refractivity contribution in [2.75, 3.05) is 0 Å². The topological polar surface area (TPSA) is 92.2 Å². The van der Waals surface area contributed by atoms with Crippen LogP contribution >= 0.6 is 11.3 Å². The number of hydrogen-bond acceptors (Lipinski definition) is 5. The van der Waals surface area contributed by atoms with Gasteiger partial charge in [0.15, 0.2) is 0 Å². The van der Waals surface area contributed by atoms with Gasteiger partial charge in [0.2, 0.25) is 5.91 Å². The highest BCUT2D eigenvalue weighted by atomic mass is 32.1. The SMILES string of the molecule is CCC(NC(=O)Cc1csc(-c2ccccn2)n1)C(=O)O. The van der Waals surface area contributed by atoms with E-state index in [0.717, 1.165) is 10.7 Å². The maximum absolute atomic E-state index is 11.8. The van der Waals surface area contributed by atoms with Crippen LogP contribution in [-0.4, -0.2) is 33.0 Å². The number of aliphatic carboxylic acids is 1. The van der Waals surface area contributed by atoms with E-state index in [1.54, 1.807) is 18.5 Å². The predicted octanol–water partition coefficient (Wildman–Crippen LogP) is 1.73. The van der Waals surface area contributed by atoms with Crippen molar-refractivity contribution in [3.63, 3.8) is 0 Å². The average Bonchev–Trinajstić information content (AvgIpc) is 2.93. The van der Waals surface area contributed by atoms with E-state index in [4.69, 9.17) is 5.11 Å². The van der Waals surface area contributed by atoms with Gasteiger partial charge >= 0.3 is 5.97 Å². The zero-order chi connectivity index (χ0) is 15.2. The minimum Gasteiger partial charge on any atom is -0.480 e. The molecule has 0 radical (unpaired) electrons. The van der Waals surface area contributed by atoms with E-state index in [0.29, 0.717) is 12.1 Å². The van der Waals surface area contributed by atoms with Crippen molar-refractivity contribution in [3.05, 3.63) is 35.5 Å². The smallest absolute Gasteiger partial charge is 0.326 e. The summed E-state index contributed by atoms with van der Waals surface area (Å²) < 4.78 is 0. The van der Waals surface area contributed by atoms with Crippen LogP contribution in [0.3, 0.4) is 0 Å². The molecule has 0 fully saturated rings. The van der Waals surface area contributed by atoms with Gasteiger partial charge in [0.05, 0.1) is 17.8 Å². The van der Waals surface area contributed by atoms with E-state index in [1.165, 1.54) is 11.3 Å². The molecule has 0 spiro atoms. The van der Waals surface area contributed by atoms with Crippen molar-refractivity contribution in [2.24, 2.45) is 0 Å². The third-order valence-corrected chi connectivity index (χ3v) is 3.73. The summed E-state index contributed by atoms with van der Waals surface area (Å²) in [6.45, 7) is 1.71. The number of carboxylic acids is 1. The molecule has 110 valence electrons. The number of hydrogen-bond donors (Lipinski definition) is 2. The molecule has 1 atom stereocenters. The molecule has 7 heteroatoms. The molecular formula is C14H15N3O3S. The largest absolute Gasteiger partial charge is 0.480 e. The highest BCUT2D eigenvalue weighted by Crippen LogP contribution is 2.21. The van der Waals surface area contributed by atoms with Gasteiger partial charge in [-0.05, 0) is 18.6 Å². The molecule has 6 nitrogen and oxygen atoms in total. The fraction of sp³-hybridized carbons (Fsp3) is 0.286. The van der Waals surface area contributed by atoms with Crippen molar-refractivity contribution < 1.29 is 14.7 Å². The Labute approximate surface area is 125 Å². The Bertz CT molecular complexity index is 627. The molecule has 0 aliphatic carbocycles. The lowest BCUT2D eigenvalue weighted by Gasteiger charge is -2.11. The molecule has 2 N–H and O–H groups in total. The average molecular weight is 305 g/mol. The number of nitrogens with zero attached hydrogens (tertiary/aromatic N) is 2. The third-order valence-electron chi connectivity index (χ3n) is 2.82. The molecule has 0 saturated heterocycles. The quantitative estimate of drug-likeness (QED) is 0.848. The first-order valence-corrected chi connectivity index (χ1v) is 7.36. The van der Waals surface area contributed by atoms with Crippen LogP contribution in [0.25, 0.3) is 10.7 Å². The van der Waals surface area contributed by atoms with Crippen LogP contribution in [0.5, 0.6) is 0 Å². The van der Waals surface area contributed by atoms with Crippen LogP contribution in [0, 0.1) is 0 Å². The van der Waals surface area contributed by atoms with Gasteiger partial charge in [0.25, 0.3) is 0 Å². The lowest BCUT2D eigenvalue weighted by atomic mass is 10.2. The first-order chi connectivity index (χ1) is 10.1. The highest BCUT2D eigenvalue weighted by molar-refractivity contribution is 7.13. The number of pyridine rings is 1. The number of amides is 1. The molecule has 0 aliphatic rings. The first kappa shape index (κ1) is 15.1. The van der Waals surface area contributed by atoms with Crippen molar-refractivity contribution in [3.8, 4) is 10.7 Å². The molecule has 0 aliphatic heterocycles. The van der Waals surface area contributed by atoms with Crippen molar-refractivity contribution in [2.45, 2.75) is 25.8 Å². The molecule has 2 aromatic rings. The highest BCUT2D eigenvalue weighted by Gasteiger charge is 2.18. The Balaban J connectivity index is 1.99. The van der Waals surface area contributed by atoms with Gasteiger partial charge in [0.1, 0.15) is 11.0 Å². The Kier molecular flexibility index (Phi) is 4.99. The van der Waals surface area contributed by atoms with Gasteiger partial charge in [-0.15, -0.1) is 11.3 Å². The number of carboxylic acid groups (broad SMARTS) is 1. The fourth-order valence-corrected chi connectivity index (χ4v) is 2.54. The van der Waals surface area contributed by atoms with Gasteiger partial charge in [-0.25, -0.2) is 9.78 Å². The number of carbonyl (C=O) groups excluding carboxylic acids is 1. The van der Waals surface area contributed by atoms with E-state index < -0.39 is 12.0 Å². The van der Waals surface area contributed by atoms with E-state index in [1.807, 2.05) is 18.2 Å². The summed E-state index contributed by atoms with van der Waals surface area (Å²) in [5.41, 5.74) is 1.37. The second kappa shape index (κ2) is 6.94. The van der Waals surface area contributed by atoms with E-state index in [-0.39, 0.29) is 12.3 Å². The van der Waals surface area contributed by atoms with E-state index in [9.17, 15) is 9.59 Å². The summed E-state index contributed by atoms with van der Waals surface area (Å²) in [6.07, 6.45) is 2.09. The molecule has 0 aromatic carbocycles. The summed E-state index contributed by atoms with van der Waals surface area (Å²) in [7, 11) is 0. The summed E-state index contributed by atoms with van der Waals surface area (Å²) in [5.74, 6) is -1.37. The van der Waals surface area contributed by atoms with Crippen LogP contribution in [0.2, 0.25) is 0 Å². The number of nitrogens with one attached hydrogen (secondary N) is 1. The van der Waals surface area contributed by atoms with Gasteiger partial charge in [-0.1, -0.05) is 13.0 Å². The first-order valence-electron chi connectivity index (χ1n) is 6.48. The second-order valence-electron chi connectivity index (χ2n) is 4.40. The molecule has 0 bridgehead atoms. The van der Waals surface area contributed by atoms with Crippen LogP contribution in [0.1, 0.15) is 19.0 Å². The molecule has 1 amide bonds. The third kappa shape index (κ3) is 4.09. The zero-order valence-electron chi connectivity index (χ0n) is 11.4. The summed E-state index contributed by atoms with van der Waals surface area (Å²) in [5, 5.41) is 13.9. The summed E-state index contributed by atoms with van der Waals surface area (Å²) in [6, 6.07) is 4.68. The van der Waals surface area contributed by atoms with Crippen molar-refractivity contribution in [1.82, 2.24) is 15.3 Å². The molecule has 2 aromatic heterocycles. The second-order valence-corrected chi connectivity index (χ2v) is 5.26. The van der Waals surface area contributed by atoms with Crippen LogP contribution < -0.4 is 5.32 Å². The Morgan fingerprint density at radius 3 is 2.86 bits per heavy atom. The molecule has 0 saturated carbocycles. The summed E-state index contributed by atoms with van der Waals surface area (Å²) >= 11 is 1.41. The standard InChI is InChI=1S/C14H15N3O3S/c1-2-10(14(19)20)17-12(18)7-9-8-21-13(16-9)11-5-3-4-6-15-11/h3-6,8,10H,2,7H2,1H3,(H,17,18)(H,19,20). The van der Waals surface area contributed by atoms with Crippen LogP contribution in [-0.2, 0) is 16.0 Å². The molecular weight excluding hydrogens is 290 g/mol. The fourth-order valence-electron chi connectivity index (χ4n) is 1.74. The normalized spacial score (nSPS) is 11.9. The number of aromatic nitrogens is 2. The van der Waals surface area contributed by atoms with Gasteiger partial charge in [-0.3, -0.25) is 9.78 Å². The molecule has 2 heterocycles. The van der Waals surface area contributed by atoms with Crippen molar-refractivity contribution in [1.29, 1.82) is 0 Å². The van der Waals surface area contributed by atoms with Crippen molar-refractivity contribution >= 4 is 23.2 Å². The maximum atomic E-state index is 11.8. The van der Waals surface area contributed by atoms with E-state index in [2.05, 4.69) is 15.3 Å². The maximum Gasteiger partial charge on any atom is 0.326 e. The minimum absolute atomic E-state index is 0.0626. The number of rotatable bonds is 6. The number of thiazole rings is 1. The lowest BCUT2D eigenvalue weighted by Crippen LogP contribution is -2.41. The predicted molar refractivity (Wildman–Crippen MR) is 78.9 cm³/mol. The minimum atomic E-state index is -1.03. The Morgan fingerprint density at radius 1 is 1.43 bits per heavy atom. The van der Waals surface area contributed by atoms with Crippen LogP contribution in [0.4, 0.5) is 0 Å². The summed E-state index contributed by atoms with van der Waals surface area (Å²) in [4.78, 5) is 31.2. The van der Waals surface area contributed by atoms with E-state index >= 15 is 0 Å². The monoisotopic (exact) mass is 305 g/mol. The van der Waals surface area contributed by atoms with Gasteiger partial charge in [-0.2, -0.15) is 0 Å². The number of carbonyl (C=O) groups is 2. The Morgan fingerprint density at radius 2 is 2.24 bits per heavy atom. The molecule has 2 rings (SSSR count). The Hall–Kier alpha value is -2.28. The van der Waals surface area contributed by atoms with Crippen LogP contribution in [0.15, 0.2) is 29.8 Å².